The number of hydrogen-bond acceptors (Lipinski definition) is 3. The molecule has 0 aliphatic carbocycles. The summed E-state index contributed by atoms with van der Waals surface area (Å²) >= 11 is 0. The van der Waals surface area contributed by atoms with Gasteiger partial charge in [-0.1, -0.05) is 18.2 Å². The van der Waals surface area contributed by atoms with E-state index in [0.717, 1.165) is 17.9 Å². The molecule has 1 N–H and O–H groups in total. The van der Waals surface area contributed by atoms with Gasteiger partial charge < -0.3 is 15.1 Å². The first kappa shape index (κ1) is 15.2. The van der Waals surface area contributed by atoms with Crippen molar-refractivity contribution in [1.82, 2.24) is 4.90 Å². The van der Waals surface area contributed by atoms with Crippen LogP contribution in [0, 0.1) is 0 Å². The second-order valence-electron chi connectivity index (χ2n) is 6.55. The van der Waals surface area contributed by atoms with Gasteiger partial charge in [-0.25, -0.2) is 4.99 Å². The molecule has 0 aromatic heterocycles. The number of para-hydroxylation sites is 1. The lowest BCUT2D eigenvalue weighted by Crippen LogP contribution is -2.37. The van der Waals surface area contributed by atoms with Crippen LogP contribution in [0.4, 0.5) is 17.1 Å². The second kappa shape index (κ2) is 7.05. The largest absolute Gasteiger partial charge is 0.367 e. The lowest BCUT2D eigenvalue weighted by molar-refractivity contribution is 0.250. The molecule has 2 bridgehead atoms. The highest BCUT2D eigenvalue weighted by Gasteiger charge is 2.28. The van der Waals surface area contributed by atoms with E-state index in [4.69, 9.17) is 0 Å². The molecule has 0 atom stereocenters. The molecular weight excluding hydrogens is 296 g/mol. The molecule has 0 radical (unpaired) electrons. The van der Waals surface area contributed by atoms with Crippen molar-refractivity contribution in [1.29, 1.82) is 0 Å². The molecule has 0 unspecified atom stereocenters. The maximum Gasteiger partial charge on any atom is 0.0930 e. The summed E-state index contributed by atoms with van der Waals surface area (Å²) in [5.41, 5.74) is 3.36. The van der Waals surface area contributed by atoms with Crippen molar-refractivity contribution < 1.29 is 0 Å². The summed E-state index contributed by atoms with van der Waals surface area (Å²) in [6.07, 6.45) is 4.34. The number of nitrogens with zero attached hydrogens (tertiary/aromatic N) is 3. The van der Waals surface area contributed by atoms with Crippen molar-refractivity contribution in [3.63, 3.8) is 0 Å². The number of hydrogen-bond donors (Lipinski definition) is 1. The summed E-state index contributed by atoms with van der Waals surface area (Å²) in [7, 11) is 0. The van der Waals surface area contributed by atoms with Gasteiger partial charge in [0.2, 0.25) is 0 Å². The van der Waals surface area contributed by atoms with Gasteiger partial charge in [0.25, 0.3) is 0 Å². The van der Waals surface area contributed by atoms with Gasteiger partial charge in [-0.05, 0) is 49.2 Å². The standard InChI is InChI=1S/C20H24N4/c1-2-4-17(5-3-1)21-16-22-18-6-8-19(9-7-18)24-15-14-23-12-10-20(24)11-13-23/h1-9,16,20H,10-15H2,(H,21,22). The molecule has 2 aromatic rings. The van der Waals surface area contributed by atoms with Gasteiger partial charge in [0, 0.05) is 43.6 Å². The van der Waals surface area contributed by atoms with Gasteiger partial charge in [0.15, 0.2) is 0 Å². The quantitative estimate of drug-likeness (QED) is 0.688. The van der Waals surface area contributed by atoms with Crippen LogP contribution in [-0.4, -0.2) is 43.5 Å². The number of rotatable bonds is 4. The Kier molecular flexibility index (Phi) is 4.47. The third-order valence-electron chi connectivity index (χ3n) is 5.05. The molecule has 3 fully saturated rings. The van der Waals surface area contributed by atoms with Gasteiger partial charge in [-0.3, -0.25) is 0 Å². The highest BCUT2D eigenvalue weighted by atomic mass is 15.3. The lowest BCUT2D eigenvalue weighted by atomic mass is 10.0. The van der Waals surface area contributed by atoms with Gasteiger partial charge in [0.1, 0.15) is 0 Å². The van der Waals surface area contributed by atoms with Crippen LogP contribution < -0.4 is 10.2 Å². The summed E-state index contributed by atoms with van der Waals surface area (Å²) in [6, 6.07) is 19.4. The fourth-order valence-electron chi connectivity index (χ4n) is 3.67. The number of aliphatic imine (C=N–C) groups is 1. The molecule has 3 aliphatic rings. The van der Waals surface area contributed by atoms with Gasteiger partial charge in [-0.15, -0.1) is 0 Å². The number of anilines is 2. The zero-order chi connectivity index (χ0) is 16.2. The van der Waals surface area contributed by atoms with E-state index in [2.05, 4.69) is 44.4 Å². The predicted octanol–water partition coefficient (Wildman–Crippen LogP) is 3.74. The third kappa shape index (κ3) is 3.44. The monoisotopic (exact) mass is 320 g/mol. The molecule has 124 valence electrons. The second-order valence-corrected chi connectivity index (χ2v) is 6.55. The summed E-state index contributed by atoms with van der Waals surface area (Å²) in [6.45, 7) is 4.85. The first-order chi connectivity index (χ1) is 11.9. The average Bonchev–Trinajstić information content (AvgIpc) is 2.97. The highest BCUT2D eigenvalue weighted by molar-refractivity contribution is 5.77. The SMILES string of the molecule is C(=Nc1ccc(N2CCN3CCC2CC3)cc1)Nc1ccccc1. The Morgan fingerprint density at radius 1 is 0.875 bits per heavy atom. The number of fused-ring (bicyclic) bond motifs is 4. The van der Waals surface area contributed by atoms with Crippen LogP contribution in [0.15, 0.2) is 59.6 Å². The maximum absolute atomic E-state index is 4.49. The van der Waals surface area contributed by atoms with Gasteiger partial charge >= 0.3 is 0 Å². The van der Waals surface area contributed by atoms with Crippen molar-refractivity contribution in [2.75, 3.05) is 36.4 Å². The Morgan fingerprint density at radius 3 is 2.38 bits per heavy atom. The molecule has 0 amide bonds. The number of nitrogens with one attached hydrogen (secondary N) is 1. The smallest absolute Gasteiger partial charge is 0.0930 e. The van der Waals surface area contributed by atoms with Crippen molar-refractivity contribution >= 4 is 23.4 Å². The van der Waals surface area contributed by atoms with E-state index in [1.165, 1.54) is 38.2 Å². The first-order valence-electron chi connectivity index (χ1n) is 8.82. The molecule has 4 nitrogen and oxygen atoms in total. The van der Waals surface area contributed by atoms with E-state index in [-0.39, 0.29) is 0 Å². The van der Waals surface area contributed by atoms with Crippen molar-refractivity contribution in [3.05, 3.63) is 54.6 Å². The lowest BCUT2D eigenvalue weighted by Gasteiger charge is -2.33. The zero-order valence-electron chi connectivity index (χ0n) is 13.9. The van der Waals surface area contributed by atoms with Crippen molar-refractivity contribution in [3.8, 4) is 0 Å². The molecule has 0 saturated carbocycles. The van der Waals surface area contributed by atoms with E-state index in [9.17, 15) is 0 Å². The number of benzene rings is 2. The highest BCUT2D eigenvalue weighted by Crippen LogP contribution is 2.28. The van der Waals surface area contributed by atoms with Crippen molar-refractivity contribution in [2.45, 2.75) is 18.9 Å². The molecular formula is C20H24N4. The van der Waals surface area contributed by atoms with E-state index in [1.54, 1.807) is 6.34 Å². The van der Waals surface area contributed by atoms with Crippen LogP contribution in [0.1, 0.15) is 12.8 Å². The van der Waals surface area contributed by atoms with E-state index >= 15 is 0 Å². The minimum atomic E-state index is 0.706. The Morgan fingerprint density at radius 2 is 1.62 bits per heavy atom. The third-order valence-corrected chi connectivity index (χ3v) is 5.05. The van der Waals surface area contributed by atoms with Crippen LogP contribution in [0.5, 0.6) is 0 Å². The predicted molar refractivity (Wildman–Crippen MR) is 101 cm³/mol. The van der Waals surface area contributed by atoms with Crippen LogP contribution >= 0.6 is 0 Å². The van der Waals surface area contributed by atoms with Crippen molar-refractivity contribution in [2.24, 2.45) is 4.99 Å². The van der Waals surface area contributed by atoms with Gasteiger partial charge in [0.05, 0.1) is 12.0 Å². The van der Waals surface area contributed by atoms with E-state index in [1.807, 2.05) is 30.3 Å². The fraction of sp³-hybridized carbons (Fsp3) is 0.350. The Bertz CT molecular complexity index is 673. The average molecular weight is 320 g/mol. The maximum atomic E-state index is 4.49. The minimum absolute atomic E-state index is 0.706. The summed E-state index contributed by atoms with van der Waals surface area (Å²) in [5, 5.41) is 3.19. The molecule has 3 saturated heterocycles. The molecule has 0 spiro atoms. The fourth-order valence-corrected chi connectivity index (χ4v) is 3.67. The van der Waals surface area contributed by atoms with Crippen LogP contribution in [0.3, 0.4) is 0 Å². The Labute approximate surface area is 143 Å². The first-order valence-corrected chi connectivity index (χ1v) is 8.82. The van der Waals surface area contributed by atoms with Crippen LogP contribution in [-0.2, 0) is 0 Å². The normalized spacial score (nSPS) is 23.4. The number of piperidine rings is 1. The van der Waals surface area contributed by atoms with Crippen LogP contribution in [0.25, 0.3) is 0 Å². The zero-order valence-corrected chi connectivity index (χ0v) is 13.9. The van der Waals surface area contributed by atoms with Gasteiger partial charge in [-0.2, -0.15) is 0 Å². The summed E-state index contributed by atoms with van der Waals surface area (Å²) in [4.78, 5) is 9.66. The molecule has 24 heavy (non-hydrogen) atoms. The molecule has 5 rings (SSSR count). The topological polar surface area (TPSA) is 30.9 Å². The minimum Gasteiger partial charge on any atom is -0.367 e. The Hall–Kier alpha value is -2.33. The van der Waals surface area contributed by atoms with E-state index in [0.29, 0.717) is 6.04 Å². The molecule has 3 aliphatic heterocycles. The van der Waals surface area contributed by atoms with E-state index < -0.39 is 0 Å². The summed E-state index contributed by atoms with van der Waals surface area (Å²) < 4.78 is 0. The molecule has 4 heteroatoms. The van der Waals surface area contributed by atoms with Crippen LogP contribution in [0.2, 0.25) is 0 Å². The summed E-state index contributed by atoms with van der Waals surface area (Å²) in [5.74, 6) is 0. The molecule has 3 heterocycles. The Balaban J connectivity index is 1.41. The molecule has 2 aromatic carbocycles.